The average Bonchev–Trinajstić information content (AvgIpc) is 2.59. The number of hydrogen-bond donors (Lipinski definition) is 1. The zero-order chi connectivity index (χ0) is 19.5. The van der Waals surface area contributed by atoms with Crippen LogP contribution >= 0.6 is 0 Å². The van der Waals surface area contributed by atoms with Crippen molar-refractivity contribution >= 4 is 27.3 Å². The summed E-state index contributed by atoms with van der Waals surface area (Å²) in [5.41, 5.74) is 2.17. The SMILES string of the molecule is Cc1cccc(NC(=O)CN(C)S(=O)(=O)c2cccc([N+](=O)[O-])c2)c1C. The molecule has 0 fully saturated rings. The van der Waals surface area contributed by atoms with Crippen LogP contribution in [-0.2, 0) is 14.8 Å². The van der Waals surface area contributed by atoms with Gasteiger partial charge in [-0.3, -0.25) is 14.9 Å². The average molecular weight is 377 g/mol. The molecule has 1 N–H and O–H groups in total. The summed E-state index contributed by atoms with van der Waals surface area (Å²) in [6.45, 7) is 3.34. The number of amides is 1. The minimum Gasteiger partial charge on any atom is -0.325 e. The number of sulfonamides is 1. The third-order valence-corrected chi connectivity index (χ3v) is 5.78. The Hall–Kier alpha value is -2.78. The number of likely N-dealkylation sites (N-methyl/N-ethyl adjacent to an activating group) is 1. The minimum absolute atomic E-state index is 0.242. The Morgan fingerprint density at radius 1 is 1.19 bits per heavy atom. The van der Waals surface area contributed by atoms with Crippen molar-refractivity contribution in [2.24, 2.45) is 0 Å². The molecule has 9 heteroatoms. The molecule has 2 aromatic carbocycles. The molecule has 0 saturated heterocycles. The number of benzene rings is 2. The highest BCUT2D eigenvalue weighted by Gasteiger charge is 2.25. The van der Waals surface area contributed by atoms with Crippen molar-refractivity contribution < 1.29 is 18.1 Å². The number of carbonyl (C=O) groups excluding carboxylic acids is 1. The van der Waals surface area contributed by atoms with Crippen molar-refractivity contribution in [2.45, 2.75) is 18.7 Å². The van der Waals surface area contributed by atoms with E-state index in [4.69, 9.17) is 0 Å². The molecule has 138 valence electrons. The van der Waals surface area contributed by atoms with E-state index >= 15 is 0 Å². The normalized spacial score (nSPS) is 11.4. The second-order valence-electron chi connectivity index (χ2n) is 5.81. The van der Waals surface area contributed by atoms with E-state index in [1.54, 1.807) is 12.1 Å². The summed E-state index contributed by atoms with van der Waals surface area (Å²) < 4.78 is 25.9. The van der Waals surface area contributed by atoms with Gasteiger partial charge >= 0.3 is 0 Å². The summed E-state index contributed by atoms with van der Waals surface area (Å²) in [5.74, 6) is -0.504. The fourth-order valence-corrected chi connectivity index (χ4v) is 3.47. The third kappa shape index (κ3) is 4.24. The molecule has 0 aliphatic carbocycles. The van der Waals surface area contributed by atoms with Gasteiger partial charge in [0, 0.05) is 24.9 Å². The number of nitrogens with one attached hydrogen (secondary N) is 1. The Morgan fingerprint density at radius 3 is 2.50 bits per heavy atom. The number of nitro groups is 1. The largest absolute Gasteiger partial charge is 0.325 e. The Labute approximate surface area is 151 Å². The van der Waals surface area contributed by atoms with Gasteiger partial charge in [-0.25, -0.2) is 8.42 Å². The number of rotatable bonds is 6. The van der Waals surface area contributed by atoms with E-state index in [1.165, 1.54) is 25.2 Å². The molecule has 0 heterocycles. The van der Waals surface area contributed by atoms with Gasteiger partial charge in [-0.1, -0.05) is 18.2 Å². The van der Waals surface area contributed by atoms with Crippen LogP contribution in [0.2, 0.25) is 0 Å². The van der Waals surface area contributed by atoms with Gasteiger partial charge in [0.15, 0.2) is 0 Å². The lowest BCUT2D eigenvalue weighted by molar-refractivity contribution is -0.385. The lowest BCUT2D eigenvalue weighted by Gasteiger charge is -2.17. The maximum atomic E-state index is 12.5. The predicted octanol–water partition coefficient (Wildman–Crippen LogP) is 2.47. The first-order valence-corrected chi connectivity index (χ1v) is 9.14. The van der Waals surface area contributed by atoms with E-state index in [9.17, 15) is 23.3 Å². The van der Waals surface area contributed by atoms with E-state index in [0.29, 0.717) is 5.69 Å². The van der Waals surface area contributed by atoms with Gasteiger partial charge in [-0.15, -0.1) is 0 Å². The highest BCUT2D eigenvalue weighted by molar-refractivity contribution is 7.89. The van der Waals surface area contributed by atoms with E-state index < -0.39 is 27.4 Å². The highest BCUT2D eigenvalue weighted by Crippen LogP contribution is 2.21. The molecule has 8 nitrogen and oxygen atoms in total. The van der Waals surface area contributed by atoms with Gasteiger partial charge in [0.2, 0.25) is 15.9 Å². The number of hydrogen-bond acceptors (Lipinski definition) is 5. The minimum atomic E-state index is -4.03. The summed E-state index contributed by atoms with van der Waals surface area (Å²) in [7, 11) is -2.79. The van der Waals surface area contributed by atoms with Crippen LogP contribution in [0.25, 0.3) is 0 Å². The first kappa shape index (κ1) is 19.5. The van der Waals surface area contributed by atoms with E-state index in [0.717, 1.165) is 21.5 Å². The Morgan fingerprint density at radius 2 is 1.85 bits per heavy atom. The molecule has 2 rings (SSSR count). The molecule has 1 amide bonds. The Bertz CT molecular complexity index is 957. The van der Waals surface area contributed by atoms with Crippen molar-refractivity contribution in [3.8, 4) is 0 Å². The topological polar surface area (TPSA) is 110 Å². The molecule has 0 atom stereocenters. The first-order valence-electron chi connectivity index (χ1n) is 7.70. The Kier molecular flexibility index (Phi) is 5.73. The standard InChI is InChI=1S/C17H19N3O5S/c1-12-6-4-9-16(13(12)2)18-17(21)11-19(3)26(24,25)15-8-5-7-14(10-15)20(22)23/h4-10H,11H2,1-3H3,(H,18,21). The second-order valence-corrected chi connectivity index (χ2v) is 7.86. The van der Waals surface area contributed by atoms with Crippen molar-refractivity contribution in [1.29, 1.82) is 0 Å². The highest BCUT2D eigenvalue weighted by atomic mass is 32.2. The molecule has 0 radical (unpaired) electrons. The Balaban J connectivity index is 2.16. The van der Waals surface area contributed by atoms with Gasteiger partial charge in [0.1, 0.15) is 0 Å². The summed E-state index contributed by atoms with van der Waals surface area (Å²) in [6, 6.07) is 10.1. The van der Waals surface area contributed by atoms with Crippen LogP contribution < -0.4 is 5.32 Å². The summed E-state index contributed by atoms with van der Waals surface area (Å²) in [5, 5.41) is 13.5. The van der Waals surface area contributed by atoms with Crippen LogP contribution in [0.4, 0.5) is 11.4 Å². The maximum Gasteiger partial charge on any atom is 0.270 e. The molecule has 0 aromatic heterocycles. The molecule has 26 heavy (non-hydrogen) atoms. The molecule has 0 unspecified atom stereocenters. The number of aryl methyl sites for hydroxylation is 1. The maximum absolute atomic E-state index is 12.5. The summed E-state index contributed by atoms with van der Waals surface area (Å²) in [4.78, 5) is 22.1. The number of nitrogens with zero attached hydrogens (tertiary/aromatic N) is 2. The van der Waals surface area contributed by atoms with Crippen LogP contribution in [0.15, 0.2) is 47.4 Å². The molecular formula is C17H19N3O5S. The summed E-state index contributed by atoms with van der Waals surface area (Å²) >= 11 is 0. The van der Waals surface area contributed by atoms with E-state index in [1.807, 2.05) is 19.9 Å². The molecular weight excluding hydrogens is 358 g/mol. The molecule has 0 aliphatic heterocycles. The molecule has 0 saturated carbocycles. The number of nitro benzene ring substituents is 1. The van der Waals surface area contributed by atoms with Crippen molar-refractivity contribution in [3.05, 3.63) is 63.7 Å². The zero-order valence-corrected chi connectivity index (χ0v) is 15.4. The van der Waals surface area contributed by atoms with Gasteiger partial charge in [0.25, 0.3) is 5.69 Å². The first-order chi connectivity index (χ1) is 12.1. The van der Waals surface area contributed by atoms with Crippen molar-refractivity contribution in [2.75, 3.05) is 18.9 Å². The van der Waals surface area contributed by atoms with Gasteiger partial charge in [-0.05, 0) is 37.1 Å². The van der Waals surface area contributed by atoms with Crippen LogP contribution in [-0.4, -0.2) is 37.1 Å². The lowest BCUT2D eigenvalue weighted by Crippen LogP contribution is -2.35. The number of carbonyl (C=O) groups is 1. The third-order valence-electron chi connectivity index (χ3n) is 3.98. The monoisotopic (exact) mass is 377 g/mol. The molecule has 0 spiro atoms. The van der Waals surface area contributed by atoms with Crippen LogP contribution in [0.3, 0.4) is 0 Å². The molecule has 0 bridgehead atoms. The molecule has 0 aliphatic rings. The van der Waals surface area contributed by atoms with E-state index in [-0.39, 0.29) is 10.6 Å². The van der Waals surface area contributed by atoms with Crippen LogP contribution in [0, 0.1) is 24.0 Å². The van der Waals surface area contributed by atoms with Crippen LogP contribution in [0.5, 0.6) is 0 Å². The van der Waals surface area contributed by atoms with Crippen molar-refractivity contribution in [3.63, 3.8) is 0 Å². The van der Waals surface area contributed by atoms with Gasteiger partial charge in [-0.2, -0.15) is 4.31 Å². The smallest absolute Gasteiger partial charge is 0.270 e. The number of anilines is 1. The predicted molar refractivity (Wildman–Crippen MR) is 97.5 cm³/mol. The number of non-ortho nitro benzene ring substituents is 1. The fourth-order valence-electron chi connectivity index (χ4n) is 2.30. The molecule has 2 aromatic rings. The second kappa shape index (κ2) is 7.63. The van der Waals surface area contributed by atoms with Crippen LogP contribution in [0.1, 0.15) is 11.1 Å². The summed E-state index contributed by atoms with van der Waals surface area (Å²) in [6.07, 6.45) is 0. The fraction of sp³-hybridized carbons (Fsp3) is 0.235. The van der Waals surface area contributed by atoms with Gasteiger partial charge < -0.3 is 5.32 Å². The van der Waals surface area contributed by atoms with E-state index in [2.05, 4.69) is 5.32 Å². The quantitative estimate of drug-likeness (QED) is 0.614. The zero-order valence-electron chi connectivity index (χ0n) is 14.6. The van der Waals surface area contributed by atoms with Crippen molar-refractivity contribution in [1.82, 2.24) is 4.31 Å². The van der Waals surface area contributed by atoms with Gasteiger partial charge in [0.05, 0.1) is 16.4 Å². The lowest BCUT2D eigenvalue weighted by atomic mass is 10.1.